The van der Waals surface area contributed by atoms with Gasteiger partial charge in [-0.05, 0) is 27.2 Å². The van der Waals surface area contributed by atoms with Gasteiger partial charge in [0.15, 0.2) is 5.60 Å². The predicted molar refractivity (Wildman–Crippen MR) is 66.9 cm³/mol. The summed E-state index contributed by atoms with van der Waals surface area (Å²) in [5.74, 6) is -0.222. The first-order valence-electron chi connectivity index (χ1n) is 6.02. The van der Waals surface area contributed by atoms with Crippen molar-refractivity contribution in [1.29, 1.82) is 0 Å². The molecule has 0 aromatic heterocycles. The third kappa shape index (κ3) is 5.50. The summed E-state index contributed by atoms with van der Waals surface area (Å²) in [5, 5.41) is 0. The summed E-state index contributed by atoms with van der Waals surface area (Å²) in [7, 11) is 3.20. The molecule has 0 aliphatic rings. The lowest BCUT2D eigenvalue weighted by molar-refractivity contribution is -0.183. The van der Waals surface area contributed by atoms with Crippen molar-refractivity contribution >= 4 is 5.97 Å². The summed E-state index contributed by atoms with van der Waals surface area (Å²) in [6.45, 7) is 8.28. The largest absolute Gasteiger partial charge is 0.454 e. The molecular formula is C13H26O4. The minimum absolute atomic E-state index is 0.222. The highest BCUT2D eigenvalue weighted by atomic mass is 16.6. The Balaban J connectivity index is 4.82. The van der Waals surface area contributed by atoms with Crippen LogP contribution in [0.3, 0.4) is 0 Å². The van der Waals surface area contributed by atoms with Crippen molar-refractivity contribution < 1.29 is 19.0 Å². The Morgan fingerprint density at radius 2 is 1.53 bits per heavy atom. The van der Waals surface area contributed by atoms with E-state index in [9.17, 15) is 4.79 Å². The Hall–Kier alpha value is -0.610. The highest BCUT2D eigenvalue weighted by Gasteiger charge is 2.37. The number of esters is 1. The minimum Gasteiger partial charge on any atom is -0.454 e. The van der Waals surface area contributed by atoms with E-state index in [1.54, 1.807) is 14.2 Å². The molecule has 0 bridgehead atoms. The topological polar surface area (TPSA) is 44.8 Å². The van der Waals surface area contributed by atoms with Gasteiger partial charge in [0.25, 0.3) is 0 Å². The lowest BCUT2D eigenvalue weighted by atomic mass is 9.95. The molecule has 0 heterocycles. The molecule has 0 amide bonds. The second-order valence-corrected chi connectivity index (χ2v) is 5.44. The first-order chi connectivity index (χ1) is 7.81. The van der Waals surface area contributed by atoms with Crippen LogP contribution in [0.2, 0.25) is 0 Å². The van der Waals surface area contributed by atoms with Gasteiger partial charge in [-0.1, -0.05) is 13.3 Å². The van der Waals surface area contributed by atoms with Gasteiger partial charge in [-0.2, -0.15) is 0 Å². The molecule has 0 saturated heterocycles. The molecule has 0 radical (unpaired) electrons. The van der Waals surface area contributed by atoms with Gasteiger partial charge in [0.05, 0.1) is 18.6 Å². The molecule has 0 rings (SSSR count). The van der Waals surface area contributed by atoms with E-state index >= 15 is 0 Å². The summed E-state index contributed by atoms with van der Waals surface area (Å²) >= 11 is 0. The molecule has 0 unspecified atom stereocenters. The molecule has 4 nitrogen and oxygen atoms in total. The molecule has 0 saturated carbocycles. The average Bonchev–Trinajstić information content (AvgIpc) is 2.17. The SMILES string of the molecule is CCCC(COC)(COC)OC(=O)C(C)(C)C. The van der Waals surface area contributed by atoms with Crippen LogP contribution in [0.25, 0.3) is 0 Å². The zero-order valence-corrected chi connectivity index (χ0v) is 12.0. The van der Waals surface area contributed by atoms with Gasteiger partial charge in [-0.25, -0.2) is 0 Å². The molecule has 17 heavy (non-hydrogen) atoms. The zero-order chi connectivity index (χ0) is 13.5. The van der Waals surface area contributed by atoms with E-state index in [1.165, 1.54) is 0 Å². The second-order valence-electron chi connectivity index (χ2n) is 5.44. The standard InChI is InChI=1S/C13H26O4/c1-7-8-13(9-15-5,10-16-6)17-11(14)12(2,3)4/h7-10H2,1-6H3. The molecule has 0 N–H and O–H groups in total. The van der Waals surface area contributed by atoms with Crippen molar-refractivity contribution in [3.05, 3.63) is 0 Å². The van der Waals surface area contributed by atoms with Crippen LogP contribution in [0.15, 0.2) is 0 Å². The molecule has 0 atom stereocenters. The highest BCUT2D eigenvalue weighted by Crippen LogP contribution is 2.25. The maximum atomic E-state index is 12.0. The summed E-state index contributed by atoms with van der Waals surface area (Å²) < 4.78 is 16.0. The van der Waals surface area contributed by atoms with Gasteiger partial charge in [0.2, 0.25) is 0 Å². The second kappa shape index (κ2) is 6.97. The van der Waals surface area contributed by atoms with Crippen molar-refractivity contribution in [3.63, 3.8) is 0 Å². The Bertz CT molecular complexity index is 213. The third-order valence-corrected chi connectivity index (χ3v) is 2.44. The Labute approximate surface area is 105 Å². The van der Waals surface area contributed by atoms with Gasteiger partial charge < -0.3 is 14.2 Å². The maximum absolute atomic E-state index is 12.0. The van der Waals surface area contributed by atoms with Crippen LogP contribution in [0.5, 0.6) is 0 Å². The number of hydrogen-bond acceptors (Lipinski definition) is 4. The Kier molecular flexibility index (Phi) is 6.72. The van der Waals surface area contributed by atoms with E-state index in [2.05, 4.69) is 0 Å². The first-order valence-corrected chi connectivity index (χ1v) is 6.02. The van der Waals surface area contributed by atoms with Gasteiger partial charge in [0, 0.05) is 14.2 Å². The summed E-state index contributed by atoms with van der Waals surface area (Å²) in [6.07, 6.45) is 1.64. The fourth-order valence-electron chi connectivity index (χ4n) is 1.63. The summed E-state index contributed by atoms with van der Waals surface area (Å²) in [4.78, 5) is 12.0. The number of rotatable bonds is 7. The fraction of sp³-hybridized carbons (Fsp3) is 0.923. The molecule has 0 aliphatic heterocycles. The van der Waals surface area contributed by atoms with E-state index in [1.807, 2.05) is 27.7 Å². The van der Waals surface area contributed by atoms with Gasteiger partial charge in [-0.15, -0.1) is 0 Å². The van der Waals surface area contributed by atoms with Crippen LogP contribution in [-0.2, 0) is 19.0 Å². The lowest BCUT2D eigenvalue weighted by Gasteiger charge is -2.34. The van der Waals surface area contributed by atoms with Crippen LogP contribution in [0.1, 0.15) is 40.5 Å². The molecule has 102 valence electrons. The molecule has 4 heteroatoms. The fourth-order valence-corrected chi connectivity index (χ4v) is 1.63. The molecule has 0 aromatic carbocycles. The van der Waals surface area contributed by atoms with Gasteiger partial charge in [-0.3, -0.25) is 4.79 Å². The van der Waals surface area contributed by atoms with E-state index < -0.39 is 11.0 Å². The number of carbonyl (C=O) groups is 1. The predicted octanol–water partition coefficient (Wildman–Crippen LogP) is 2.41. The first kappa shape index (κ1) is 16.4. The molecule has 0 fully saturated rings. The average molecular weight is 246 g/mol. The third-order valence-electron chi connectivity index (χ3n) is 2.44. The number of carbonyl (C=O) groups excluding carboxylic acids is 1. The monoisotopic (exact) mass is 246 g/mol. The van der Waals surface area contributed by atoms with Crippen LogP contribution >= 0.6 is 0 Å². The normalized spacial score (nSPS) is 12.6. The van der Waals surface area contributed by atoms with Gasteiger partial charge in [0.1, 0.15) is 0 Å². The minimum atomic E-state index is -0.664. The van der Waals surface area contributed by atoms with E-state index in [0.717, 1.165) is 12.8 Å². The zero-order valence-electron chi connectivity index (χ0n) is 12.0. The molecule has 0 spiro atoms. The quantitative estimate of drug-likeness (QED) is 0.647. The van der Waals surface area contributed by atoms with E-state index in [4.69, 9.17) is 14.2 Å². The molecule has 0 aromatic rings. The van der Waals surface area contributed by atoms with Crippen molar-refractivity contribution in [1.82, 2.24) is 0 Å². The smallest absolute Gasteiger partial charge is 0.311 e. The maximum Gasteiger partial charge on any atom is 0.311 e. The Morgan fingerprint density at radius 3 is 1.82 bits per heavy atom. The van der Waals surface area contributed by atoms with E-state index in [0.29, 0.717) is 13.2 Å². The number of ether oxygens (including phenoxy) is 3. The summed E-state index contributed by atoms with van der Waals surface area (Å²) in [5.41, 5.74) is -1.18. The van der Waals surface area contributed by atoms with Crippen LogP contribution in [-0.4, -0.2) is 39.0 Å². The van der Waals surface area contributed by atoms with Crippen molar-refractivity contribution in [3.8, 4) is 0 Å². The van der Waals surface area contributed by atoms with Crippen molar-refractivity contribution in [2.24, 2.45) is 5.41 Å². The molecular weight excluding hydrogens is 220 g/mol. The Morgan fingerprint density at radius 1 is 1.06 bits per heavy atom. The lowest BCUT2D eigenvalue weighted by Crippen LogP contribution is -2.46. The number of methoxy groups -OCH3 is 2. The van der Waals surface area contributed by atoms with Crippen LogP contribution in [0, 0.1) is 5.41 Å². The highest BCUT2D eigenvalue weighted by molar-refractivity contribution is 5.75. The van der Waals surface area contributed by atoms with Crippen LogP contribution < -0.4 is 0 Å². The van der Waals surface area contributed by atoms with Gasteiger partial charge >= 0.3 is 5.97 Å². The van der Waals surface area contributed by atoms with E-state index in [-0.39, 0.29) is 5.97 Å². The van der Waals surface area contributed by atoms with Crippen molar-refractivity contribution in [2.45, 2.75) is 46.1 Å². The van der Waals surface area contributed by atoms with Crippen LogP contribution in [0.4, 0.5) is 0 Å². The molecule has 0 aliphatic carbocycles. The van der Waals surface area contributed by atoms with Crippen molar-refractivity contribution in [2.75, 3.05) is 27.4 Å². The summed E-state index contributed by atoms with van der Waals surface area (Å²) in [6, 6.07) is 0. The number of hydrogen-bond donors (Lipinski definition) is 0.